The first-order valence-electron chi connectivity index (χ1n) is 10.9. The third kappa shape index (κ3) is 3.99. The molecule has 6 heteroatoms. The van der Waals surface area contributed by atoms with Gasteiger partial charge in [0.05, 0.1) is 10.4 Å². The molecule has 1 heterocycles. The zero-order valence-corrected chi connectivity index (χ0v) is 20.6. The van der Waals surface area contributed by atoms with Gasteiger partial charge in [-0.05, 0) is 46.5 Å². The van der Waals surface area contributed by atoms with Gasteiger partial charge in [-0.2, -0.15) is 0 Å². The molecule has 2 aliphatic carbocycles. The Kier molecular flexibility index (Phi) is 6.08. The molecule has 0 amide bonds. The molecule has 0 spiro atoms. The van der Waals surface area contributed by atoms with Crippen LogP contribution in [-0.2, 0) is 20.9 Å². The van der Waals surface area contributed by atoms with E-state index in [9.17, 15) is 9.59 Å². The maximum absolute atomic E-state index is 13.1. The lowest BCUT2D eigenvalue weighted by molar-refractivity contribution is -0.117. The van der Waals surface area contributed by atoms with Crippen LogP contribution < -0.4 is 4.74 Å². The van der Waals surface area contributed by atoms with Gasteiger partial charge >= 0.3 is 0 Å². The van der Waals surface area contributed by atoms with Crippen LogP contribution in [0.4, 0.5) is 0 Å². The molecule has 2 aromatic rings. The van der Waals surface area contributed by atoms with Gasteiger partial charge in [0.25, 0.3) is 0 Å². The Morgan fingerprint density at radius 2 is 1.50 bits per heavy atom. The lowest BCUT2D eigenvalue weighted by atomic mass is 9.73. The summed E-state index contributed by atoms with van der Waals surface area (Å²) in [5, 5.41) is 0. The average molecular weight is 558 g/mol. The second-order valence-corrected chi connectivity index (χ2v) is 10.1. The van der Waals surface area contributed by atoms with Crippen LogP contribution in [0.25, 0.3) is 0 Å². The number of carbonyl (C=O) groups excluding carboxylic acids is 2. The van der Waals surface area contributed by atoms with Crippen molar-refractivity contribution >= 4 is 43.4 Å². The van der Waals surface area contributed by atoms with Crippen LogP contribution in [0.3, 0.4) is 0 Å². The Bertz CT molecular complexity index is 1120. The number of allylic oxidation sites excluding steroid dienone is 4. The Labute approximate surface area is 203 Å². The topological polar surface area (TPSA) is 52.6 Å². The summed E-state index contributed by atoms with van der Waals surface area (Å²) in [4.78, 5) is 26.2. The van der Waals surface area contributed by atoms with Crippen molar-refractivity contribution in [1.82, 2.24) is 0 Å². The highest BCUT2D eigenvalue weighted by Crippen LogP contribution is 2.51. The SMILES string of the molecule is O=C1CCCC2=C1C(c1cc(Br)cc(Br)c1OCc1ccccc1)C1=C(CCCC1=O)O2. The Balaban J connectivity index is 1.66. The van der Waals surface area contributed by atoms with E-state index in [0.717, 1.165) is 57.3 Å². The maximum atomic E-state index is 13.1. The molecule has 3 aliphatic rings. The summed E-state index contributed by atoms with van der Waals surface area (Å²) in [6, 6.07) is 13.8. The molecule has 1 aliphatic heterocycles. The number of rotatable bonds is 4. The first-order chi connectivity index (χ1) is 15.5. The van der Waals surface area contributed by atoms with Gasteiger partial charge in [0, 0.05) is 46.9 Å². The second kappa shape index (κ2) is 8.99. The quantitative estimate of drug-likeness (QED) is 0.409. The van der Waals surface area contributed by atoms with Crippen molar-refractivity contribution in [1.29, 1.82) is 0 Å². The monoisotopic (exact) mass is 556 g/mol. The van der Waals surface area contributed by atoms with Crippen LogP contribution in [-0.4, -0.2) is 11.6 Å². The summed E-state index contributed by atoms with van der Waals surface area (Å²) >= 11 is 7.25. The van der Waals surface area contributed by atoms with Gasteiger partial charge in [-0.25, -0.2) is 0 Å². The summed E-state index contributed by atoms with van der Waals surface area (Å²) in [6.07, 6.45) is 3.95. The highest BCUT2D eigenvalue weighted by atomic mass is 79.9. The minimum Gasteiger partial charge on any atom is -0.487 e. The third-order valence-corrected chi connectivity index (χ3v) is 7.26. The van der Waals surface area contributed by atoms with Crippen molar-refractivity contribution < 1.29 is 19.1 Å². The zero-order valence-electron chi connectivity index (χ0n) is 17.5. The van der Waals surface area contributed by atoms with E-state index < -0.39 is 5.92 Å². The lowest BCUT2D eigenvalue weighted by Crippen LogP contribution is -2.30. The first-order valence-corrected chi connectivity index (χ1v) is 12.5. The maximum Gasteiger partial charge on any atom is 0.163 e. The molecule has 0 saturated carbocycles. The Morgan fingerprint density at radius 3 is 2.12 bits per heavy atom. The van der Waals surface area contributed by atoms with Gasteiger partial charge in [0.1, 0.15) is 23.9 Å². The van der Waals surface area contributed by atoms with Gasteiger partial charge < -0.3 is 9.47 Å². The molecule has 0 fully saturated rings. The molecule has 0 N–H and O–H groups in total. The Hall–Kier alpha value is -2.18. The number of hydrogen-bond acceptors (Lipinski definition) is 4. The number of ketones is 2. The molecule has 2 aromatic carbocycles. The molecular weight excluding hydrogens is 536 g/mol. The van der Waals surface area contributed by atoms with Gasteiger partial charge in [0.15, 0.2) is 11.6 Å². The third-order valence-electron chi connectivity index (χ3n) is 6.21. The van der Waals surface area contributed by atoms with Crippen molar-refractivity contribution in [2.45, 2.75) is 51.0 Å². The summed E-state index contributed by atoms with van der Waals surface area (Å²) in [6.45, 7) is 0.386. The number of Topliss-reactive ketones (excluding diaryl/α,β-unsaturated/α-hetero) is 2. The fourth-order valence-corrected chi connectivity index (χ4v) is 6.18. The molecule has 0 aromatic heterocycles. The van der Waals surface area contributed by atoms with E-state index in [-0.39, 0.29) is 11.6 Å². The van der Waals surface area contributed by atoms with Crippen LogP contribution in [0.15, 0.2) is 74.1 Å². The predicted molar refractivity (Wildman–Crippen MR) is 128 cm³/mol. The molecule has 0 saturated heterocycles. The fourth-order valence-electron chi connectivity index (χ4n) is 4.81. The van der Waals surface area contributed by atoms with E-state index in [2.05, 4.69) is 31.9 Å². The molecule has 164 valence electrons. The molecule has 0 radical (unpaired) electrons. The largest absolute Gasteiger partial charge is 0.487 e. The molecule has 5 rings (SSSR count). The predicted octanol–water partition coefficient (Wildman–Crippen LogP) is 6.92. The van der Waals surface area contributed by atoms with Gasteiger partial charge in [0.2, 0.25) is 0 Å². The molecule has 0 unspecified atom stereocenters. The average Bonchev–Trinajstić information content (AvgIpc) is 2.78. The molecule has 4 nitrogen and oxygen atoms in total. The van der Waals surface area contributed by atoms with Crippen LogP contribution in [0, 0.1) is 0 Å². The van der Waals surface area contributed by atoms with Gasteiger partial charge in [-0.15, -0.1) is 0 Å². The van der Waals surface area contributed by atoms with Crippen LogP contribution in [0.1, 0.15) is 55.6 Å². The number of hydrogen-bond donors (Lipinski definition) is 0. The molecular formula is C26H22Br2O4. The summed E-state index contributed by atoms with van der Waals surface area (Å²) in [5.74, 6) is 1.76. The number of ether oxygens (including phenoxy) is 2. The number of benzene rings is 2. The highest BCUT2D eigenvalue weighted by molar-refractivity contribution is 9.11. The van der Waals surface area contributed by atoms with E-state index in [0.29, 0.717) is 36.3 Å². The van der Waals surface area contributed by atoms with E-state index in [1.165, 1.54) is 0 Å². The summed E-state index contributed by atoms with van der Waals surface area (Å²) in [5.41, 5.74) is 3.11. The fraction of sp³-hybridized carbons (Fsp3) is 0.308. The van der Waals surface area contributed by atoms with E-state index in [1.807, 2.05) is 42.5 Å². The minimum atomic E-state index is -0.464. The summed E-state index contributed by atoms with van der Waals surface area (Å²) < 4.78 is 14.1. The molecule has 0 bridgehead atoms. The van der Waals surface area contributed by atoms with Crippen molar-refractivity contribution in [2.75, 3.05) is 0 Å². The lowest BCUT2D eigenvalue weighted by Gasteiger charge is -2.36. The number of carbonyl (C=O) groups is 2. The second-order valence-electron chi connectivity index (χ2n) is 8.34. The van der Waals surface area contributed by atoms with Crippen LogP contribution in [0.2, 0.25) is 0 Å². The standard InChI is InChI=1S/C26H22Br2O4/c27-16-12-17(26(18(28)13-16)31-14-15-6-2-1-3-7-15)23-24-19(29)8-4-10-21(24)32-22-11-5-9-20(30)25(22)23/h1-3,6-7,12-13,23H,4-5,8-11,14H2. The number of halogens is 2. The van der Waals surface area contributed by atoms with Crippen molar-refractivity contribution in [2.24, 2.45) is 0 Å². The molecule has 32 heavy (non-hydrogen) atoms. The van der Waals surface area contributed by atoms with E-state index >= 15 is 0 Å². The Morgan fingerprint density at radius 1 is 0.875 bits per heavy atom. The van der Waals surface area contributed by atoms with Crippen LogP contribution in [0.5, 0.6) is 5.75 Å². The zero-order chi connectivity index (χ0) is 22.2. The van der Waals surface area contributed by atoms with E-state index in [4.69, 9.17) is 9.47 Å². The first kappa shape index (κ1) is 21.7. The van der Waals surface area contributed by atoms with Crippen LogP contribution >= 0.6 is 31.9 Å². The van der Waals surface area contributed by atoms with E-state index in [1.54, 1.807) is 0 Å². The van der Waals surface area contributed by atoms with Crippen molar-refractivity contribution in [3.63, 3.8) is 0 Å². The minimum absolute atomic E-state index is 0.0614. The smallest absolute Gasteiger partial charge is 0.163 e. The van der Waals surface area contributed by atoms with Crippen molar-refractivity contribution in [3.05, 3.63) is 85.2 Å². The normalized spacial score (nSPS) is 18.9. The highest BCUT2D eigenvalue weighted by Gasteiger charge is 2.43. The molecule has 0 atom stereocenters. The van der Waals surface area contributed by atoms with Gasteiger partial charge in [-0.1, -0.05) is 46.3 Å². The summed E-state index contributed by atoms with van der Waals surface area (Å²) in [7, 11) is 0. The van der Waals surface area contributed by atoms with Crippen molar-refractivity contribution in [3.8, 4) is 5.75 Å². The van der Waals surface area contributed by atoms with Gasteiger partial charge in [-0.3, -0.25) is 9.59 Å².